The fourth-order valence-electron chi connectivity index (χ4n) is 14.0. The molecule has 2 spiro atoms. The maximum atomic E-state index is 12.9. The maximum absolute atomic E-state index is 12.9. The highest BCUT2D eigenvalue weighted by Crippen LogP contribution is 2.89. The number of ether oxygens (including phenoxy) is 3. The minimum absolute atomic E-state index is 0.00151. The molecule has 0 bridgehead atoms. The lowest BCUT2D eigenvalue weighted by molar-refractivity contribution is -0.248. The fraction of sp³-hybridized carbons (Fsp3) is 0.949. The normalized spacial score (nSPS) is 50.4. The number of nitrogens with zero attached hydrogens (tertiary/aromatic N) is 1. The van der Waals surface area contributed by atoms with E-state index >= 15 is 0 Å². The number of morpholine rings is 1. The third kappa shape index (κ3) is 4.86. The van der Waals surface area contributed by atoms with Crippen LogP contribution in [0.15, 0.2) is 0 Å². The average Bonchev–Trinajstić information content (AvgIpc) is 3.96. The number of amides is 1. The molecule has 2 heterocycles. The number of aliphatic hydroxyl groups is 1. The molecular weight excluding hydrogens is 608 g/mol. The van der Waals surface area contributed by atoms with E-state index in [0.717, 1.165) is 25.7 Å². The predicted octanol–water partition coefficient (Wildman–Crippen LogP) is 5.23. The van der Waals surface area contributed by atoms with Gasteiger partial charge in [0.15, 0.2) is 6.29 Å². The van der Waals surface area contributed by atoms with Crippen molar-refractivity contribution in [3.8, 4) is 0 Å². The van der Waals surface area contributed by atoms with Gasteiger partial charge in [-0.3, -0.25) is 9.59 Å². The number of carbonyl (C=O) groups is 2. The summed E-state index contributed by atoms with van der Waals surface area (Å²) in [5.41, 5.74) is 0.453. The van der Waals surface area contributed by atoms with Gasteiger partial charge >= 0.3 is 5.97 Å². The summed E-state index contributed by atoms with van der Waals surface area (Å²) in [6.45, 7) is 15.1. The van der Waals surface area contributed by atoms with Crippen molar-refractivity contribution < 1.29 is 34.0 Å². The number of carboxylic acids is 1. The van der Waals surface area contributed by atoms with Crippen molar-refractivity contribution in [2.75, 3.05) is 32.8 Å². The molecule has 6 unspecified atom stereocenters. The number of hydrogen-bond donors (Lipinski definition) is 3. The standard InChI is InChI=1S/C39H62N2O7/c1-23-18-25(20-40-15-11-30(43)44)47-33-32(23)36(4)13-14-39-22-38(39)12-10-28(35(2,3)26(38)8-9-27(39)37(36,5)34(33)45)48-31-21-41(16-17-46-31)29(42)19-24-6-7-24/h23-28,31-34,40,45H,6-22H2,1-5H3,(H,43,44)/t23-,25?,26+,27?,28+,31+,32+,33?,34+,36?,37-,38?,39?/m1/s1. The molecule has 3 N–H and O–H groups in total. The van der Waals surface area contributed by atoms with Crippen LogP contribution in [0.1, 0.15) is 112 Å². The number of rotatable bonds is 9. The van der Waals surface area contributed by atoms with E-state index in [0.29, 0.717) is 74.2 Å². The average molecular weight is 671 g/mol. The van der Waals surface area contributed by atoms with E-state index < -0.39 is 12.1 Å². The Hall–Kier alpha value is -1.26. The van der Waals surface area contributed by atoms with Crippen molar-refractivity contribution in [2.24, 2.45) is 56.7 Å². The zero-order valence-electron chi connectivity index (χ0n) is 30.2. The number of aliphatic hydroxyl groups excluding tert-OH is 1. The molecule has 2 saturated heterocycles. The summed E-state index contributed by atoms with van der Waals surface area (Å²) in [6.07, 6.45) is 11.5. The van der Waals surface area contributed by atoms with Gasteiger partial charge in [0.1, 0.15) is 0 Å². The molecule has 0 aromatic rings. The van der Waals surface area contributed by atoms with Gasteiger partial charge in [0, 0.05) is 31.5 Å². The van der Waals surface area contributed by atoms with Gasteiger partial charge in [-0.15, -0.1) is 0 Å². The molecule has 8 fully saturated rings. The molecule has 1 amide bonds. The van der Waals surface area contributed by atoms with Gasteiger partial charge < -0.3 is 34.6 Å². The van der Waals surface area contributed by atoms with Crippen molar-refractivity contribution >= 4 is 11.9 Å². The van der Waals surface area contributed by atoms with E-state index in [9.17, 15) is 14.7 Å². The van der Waals surface area contributed by atoms with Gasteiger partial charge in [-0.1, -0.05) is 34.6 Å². The van der Waals surface area contributed by atoms with E-state index in [1.54, 1.807) is 0 Å². The number of carbonyl (C=O) groups excluding carboxylic acids is 1. The Morgan fingerprint density at radius 3 is 2.50 bits per heavy atom. The summed E-state index contributed by atoms with van der Waals surface area (Å²) in [6, 6.07) is 0. The largest absolute Gasteiger partial charge is 0.481 e. The lowest BCUT2D eigenvalue weighted by Crippen LogP contribution is -2.60. The molecule has 2 aliphatic heterocycles. The molecule has 0 aromatic carbocycles. The molecule has 13 atom stereocenters. The number of fused-ring (bicyclic) bond motifs is 4. The first-order valence-electron chi connectivity index (χ1n) is 19.6. The number of carboxylic acid groups (broad SMARTS) is 1. The first kappa shape index (κ1) is 33.9. The summed E-state index contributed by atoms with van der Waals surface area (Å²) in [7, 11) is 0. The third-order valence-electron chi connectivity index (χ3n) is 16.6. The second-order valence-electron chi connectivity index (χ2n) is 18.9. The van der Waals surface area contributed by atoms with Crippen LogP contribution < -0.4 is 5.32 Å². The van der Waals surface area contributed by atoms with Crippen LogP contribution in [-0.4, -0.2) is 90.5 Å². The second kappa shape index (κ2) is 11.6. The minimum Gasteiger partial charge on any atom is -0.481 e. The van der Waals surface area contributed by atoms with Crippen LogP contribution in [0.2, 0.25) is 0 Å². The van der Waals surface area contributed by atoms with Crippen molar-refractivity contribution in [2.45, 2.75) is 142 Å². The monoisotopic (exact) mass is 670 g/mol. The van der Waals surface area contributed by atoms with Gasteiger partial charge in [0.25, 0.3) is 0 Å². The number of hydrogen-bond acceptors (Lipinski definition) is 7. The molecule has 8 aliphatic rings. The molecule has 0 aromatic heterocycles. The molecular formula is C39H62N2O7. The van der Waals surface area contributed by atoms with Crippen LogP contribution in [0, 0.1) is 56.7 Å². The second-order valence-corrected chi connectivity index (χ2v) is 18.9. The van der Waals surface area contributed by atoms with E-state index in [1.165, 1.54) is 38.5 Å². The Morgan fingerprint density at radius 1 is 1.00 bits per heavy atom. The van der Waals surface area contributed by atoms with Gasteiger partial charge in [0.05, 0.1) is 44.0 Å². The van der Waals surface area contributed by atoms with Crippen molar-refractivity contribution in [3.05, 3.63) is 0 Å². The third-order valence-corrected chi connectivity index (χ3v) is 16.6. The Balaban J connectivity index is 0.970. The quantitative estimate of drug-likeness (QED) is 0.286. The summed E-state index contributed by atoms with van der Waals surface area (Å²) in [5, 5.41) is 24.8. The lowest BCUT2D eigenvalue weighted by atomic mass is 9.41. The highest BCUT2D eigenvalue weighted by Gasteiger charge is 2.84. The van der Waals surface area contributed by atoms with Crippen LogP contribution in [0.25, 0.3) is 0 Å². The van der Waals surface area contributed by atoms with Crippen LogP contribution in [-0.2, 0) is 23.8 Å². The van der Waals surface area contributed by atoms with Crippen molar-refractivity contribution in [1.82, 2.24) is 10.2 Å². The van der Waals surface area contributed by atoms with Crippen LogP contribution in [0.5, 0.6) is 0 Å². The van der Waals surface area contributed by atoms with Crippen molar-refractivity contribution in [1.29, 1.82) is 0 Å². The number of aliphatic carboxylic acids is 1. The lowest BCUT2D eigenvalue weighted by Gasteiger charge is -2.64. The Labute approximate surface area is 287 Å². The summed E-state index contributed by atoms with van der Waals surface area (Å²) >= 11 is 0. The van der Waals surface area contributed by atoms with E-state index in [1.807, 2.05) is 4.90 Å². The summed E-state index contributed by atoms with van der Waals surface area (Å²) in [4.78, 5) is 25.9. The highest BCUT2D eigenvalue weighted by molar-refractivity contribution is 5.76. The van der Waals surface area contributed by atoms with Crippen LogP contribution in [0.4, 0.5) is 0 Å². The topological polar surface area (TPSA) is 118 Å². The van der Waals surface area contributed by atoms with Crippen molar-refractivity contribution in [3.63, 3.8) is 0 Å². The van der Waals surface area contributed by atoms with Gasteiger partial charge in [0.2, 0.25) is 5.91 Å². The molecule has 9 heteroatoms. The first-order chi connectivity index (χ1) is 22.8. The predicted molar refractivity (Wildman–Crippen MR) is 180 cm³/mol. The SMILES string of the molecule is C[C@@H]1CC(CNCCC(=O)O)OC2[C@H]1C1(C)CCC34CC35CC[C@H](O[C@H]3CN(C(=O)CC6CC6)CCO3)C(C)(C)[C@@H]5CCC4[C@]1(C)[C@H]2O. The Bertz CT molecular complexity index is 1290. The van der Waals surface area contributed by atoms with Crippen LogP contribution >= 0.6 is 0 Å². The molecule has 9 nitrogen and oxygen atoms in total. The molecule has 48 heavy (non-hydrogen) atoms. The smallest absolute Gasteiger partial charge is 0.304 e. The molecule has 0 radical (unpaired) electrons. The molecule has 270 valence electrons. The maximum Gasteiger partial charge on any atom is 0.304 e. The molecule has 6 aliphatic carbocycles. The zero-order chi connectivity index (χ0) is 33.9. The molecule has 8 rings (SSSR count). The molecule has 6 saturated carbocycles. The van der Waals surface area contributed by atoms with Gasteiger partial charge in [-0.2, -0.15) is 0 Å². The van der Waals surface area contributed by atoms with Crippen LogP contribution in [0.3, 0.4) is 0 Å². The zero-order valence-corrected chi connectivity index (χ0v) is 30.2. The Kier molecular flexibility index (Phi) is 8.20. The number of nitrogens with one attached hydrogen (secondary N) is 1. The van der Waals surface area contributed by atoms with E-state index in [-0.39, 0.29) is 58.6 Å². The highest BCUT2D eigenvalue weighted by atomic mass is 16.7. The van der Waals surface area contributed by atoms with Gasteiger partial charge in [-0.25, -0.2) is 0 Å². The Morgan fingerprint density at radius 2 is 1.75 bits per heavy atom. The minimum atomic E-state index is -0.788. The summed E-state index contributed by atoms with van der Waals surface area (Å²) < 4.78 is 19.8. The first-order valence-corrected chi connectivity index (χ1v) is 19.6. The van der Waals surface area contributed by atoms with E-state index in [4.69, 9.17) is 19.3 Å². The van der Waals surface area contributed by atoms with Gasteiger partial charge in [-0.05, 0) is 115 Å². The fourth-order valence-corrected chi connectivity index (χ4v) is 14.0. The van der Waals surface area contributed by atoms with E-state index in [2.05, 4.69) is 39.9 Å². The summed E-state index contributed by atoms with van der Waals surface area (Å²) in [5.74, 6) is 1.93.